The molecule has 0 aliphatic rings. The Bertz CT molecular complexity index is 1200. The Morgan fingerprint density at radius 1 is 1.06 bits per heavy atom. The van der Waals surface area contributed by atoms with Gasteiger partial charge in [0.05, 0.1) is 24.8 Å². The van der Waals surface area contributed by atoms with Crippen LogP contribution in [0.2, 0.25) is 0 Å². The van der Waals surface area contributed by atoms with E-state index in [9.17, 15) is 4.79 Å². The van der Waals surface area contributed by atoms with Crippen LogP contribution in [0, 0.1) is 6.92 Å². The number of amides is 1. The number of aryl methyl sites for hydroxylation is 1. The number of aromatic nitrogens is 4. The molecule has 0 spiro atoms. The summed E-state index contributed by atoms with van der Waals surface area (Å²) in [6.45, 7) is 5.81. The number of nitrogens with one attached hydrogen (secondary N) is 1. The van der Waals surface area contributed by atoms with Crippen molar-refractivity contribution < 1.29 is 9.53 Å². The number of hydrogen-bond acceptors (Lipinski definition) is 5. The van der Waals surface area contributed by atoms with Crippen molar-refractivity contribution in [1.29, 1.82) is 0 Å². The number of hydrogen-bond donors (Lipinski definition) is 1. The third-order valence-electron chi connectivity index (χ3n) is 5.35. The minimum absolute atomic E-state index is 0.0627. The van der Waals surface area contributed by atoms with Crippen LogP contribution in [-0.2, 0) is 4.79 Å². The summed E-state index contributed by atoms with van der Waals surface area (Å²) in [5.74, 6) is 1.01. The van der Waals surface area contributed by atoms with Gasteiger partial charge in [0, 0.05) is 11.6 Å². The zero-order valence-corrected chi connectivity index (χ0v) is 18.0. The summed E-state index contributed by atoms with van der Waals surface area (Å²) >= 11 is 0. The van der Waals surface area contributed by atoms with Crippen LogP contribution in [0.3, 0.4) is 0 Å². The van der Waals surface area contributed by atoms with E-state index in [0.717, 1.165) is 22.6 Å². The van der Waals surface area contributed by atoms with Crippen LogP contribution < -0.4 is 10.1 Å². The number of carbonyl (C=O) groups excluding carboxylic acids is 1. The van der Waals surface area contributed by atoms with Crippen molar-refractivity contribution >= 4 is 11.6 Å². The van der Waals surface area contributed by atoms with E-state index in [1.165, 1.54) is 5.56 Å². The number of ether oxygens (including phenoxy) is 1. The van der Waals surface area contributed by atoms with Crippen molar-refractivity contribution in [3.05, 3.63) is 77.9 Å². The first-order chi connectivity index (χ1) is 14.9. The minimum atomic E-state index is -0.329. The Labute approximate surface area is 181 Å². The minimum Gasteiger partial charge on any atom is -0.497 e. The lowest BCUT2D eigenvalue weighted by Crippen LogP contribution is -2.31. The smallest absolute Gasteiger partial charge is 0.227 e. The average Bonchev–Trinajstić information content (AvgIpc) is 3.23. The van der Waals surface area contributed by atoms with Crippen LogP contribution in [0.5, 0.6) is 5.75 Å². The van der Waals surface area contributed by atoms with Crippen molar-refractivity contribution in [1.82, 2.24) is 24.9 Å². The molecule has 7 nitrogen and oxygen atoms in total. The van der Waals surface area contributed by atoms with Gasteiger partial charge < -0.3 is 10.1 Å². The van der Waals surface area contributed by atoms with Gasteiger partial charge in [-0.3, -0.25) is 4.79 Å². The highest BCUT2D eigenvalue weighted by molar-refractivity contribution is 5.83. The second-order valence-corrected chi connectivity index (χ2v) is 7.64. The molecule has 31 heavy (non-hydrogen) atoms. The second kappa shape index (κ2) is 8.55. The second-order valence-electron chi connectivity index (χ2n) is 7.64. The summed E-state index contributed by atoms with van der Waals surface area (Å²) in [5, 5.41) is 7.50. The molecule has 0 radical (unpaired) electrons. The molecule has 0 bridgehead atoms. The van der Waals surface area contributed by atoms with Crippen LogP contribution in [0.4, 0.5) is 0 Å². The molecule has 2 heterocycles. The summed E-state index contributed by atoms with van der Waals surface area (Å²) in [4.78, 5) is 21.8. The highest BCUT2D eigenvalue weighted by Gasteiger charge is 2.20. The quantitative estimate of drug-likeness (QED) is 0.513. The molecule has 4 rings (SSSR count). The van der Waals surface area contributed by atoms with E-state index in [-0.39, 0.29) is 17.9 Å². The van der Waals surface area contributed by atoms with Gasteiger partial charge in [0.25, 0.3) is 0 Å². The molecule has 2 aromatic heterocycles. The maximum absolute atomic E-state index is 12.7. The van der Waals surface area contributed by atoms with Gasteiger partial charge in [-0.15, -0.1) is 5.10 Å². The first kappa shape index (κ1) is 20.5. The van der Waals surface area contributed by atoms with Crippen LogP contribution >= 0.6 is 0 Å². The summed E-state index contributed by atoms with van der Waals surface area (Å²) in [6, 6.07) is 17.2. The molecular formula is C24H25N5O2. The van der Waals surface area contributed by atoms with Crippen molar-refractivity contribution in [2.45, 2.75) is 32.7 Å². The number of methoxy groups -OCH3 is 1. The van der Waals surface area contributed by atoms with Gasteiger partial charge in [-0.05, 0) is 50.6 Å². The van der Waals surface area contributed by atoms with Crippen molar-refractivity contribution in [3.63, 3.8) is 0 Å². The highest BCUT2D eigenvalue weighted by atomic mass is 16.5. The van der Waals surface area contributed by atoms with E-state index < -0.39 is 0 Å². The predicted octanol–water partition coefficient (Wildman–Crippen LogP) is 4.09. The number of fused-ring (bicyclic) bond motifs is 1. The Balaban J connectivity index is 1.50. The van der Waals surface area contributed by atoms with Crippen LogP contribution in [0.15, 0.2) is 60.9 Å². The third kappa shape index (κ3) is 4.40. The van der Waals surface area contributed by atoms with Crippen molar-refractivity contribution in [2.24, 2.45) is 0 Å². The van der Waals surface area contributed by atoms with Crippen molar-refractivity contribution in [3.8, 4) is 17.0 Å². The highest BCUT2D eigenvalue weighted by Crippen LogP contribution is 2.22. The Kier molecular flexibility index (Phi) is 5.66. The standard InChI is InChI=1S/C24H25N5O2/c1-15-5-7-18(8-6-15)16(2)24(30)26-17(3)23-27-22-13-21(25-14-29(22)28-23)19-9-11-20(31-4)12-10-19/h5-14,16-17H,1-4H3,(H,26,30)/t16-,17-/m0/s1. The van der Waals surface area contributed by atoms with E-state index in [1.807, 2.05) is 75.4 Å². The maximum Gasteiger partial charge on any atom is 0.227 e. The fraction of sp³-hybridized carbons (Fsp3) is 0.250. The van der Waals surface area contributed by atoms with Gasteiger partial charge in [0.1, 0.15) is 12.1 Å². The molecule has 0 fully saturated rings. The summed E-state index contributed by atoms with van der Waals surface area (Å²) in [5.41, 5.74) is 4.57. The molecule has 2 aromatic carbocycles. The molecule has 0 saturated heterocycles. The molecule has 1 N–H and O–H groups in total. The van der Waals surface area contributed by atoms with Crippen molar-refractivity contribution in [2.75, 3.05) is 7.11 Å². The van der Waals surface area contributed by atoms with Gasteiger partial charge in [0.15, 0.2) is 11.5 Å². The van der Waals surface area contributed by atoms with Crippen LogP contribution in [0.25, 0.3) is 16.9 Å². The molecule has 0 unspecified atom stereocenters. The first-order valence-corrected chi connectivity index (χ1v) is 10.2. The topological polar surface area (TPSA) is 81.4 Å². The number of carbonyl (C=O) groups is 1. The predicted molar refractivity (Wildman–Crippen MR) is 119 cm³/mol. The third-order valence-corrected chi connectivity index (χ3v) is 5.35. The Morgan fingerprint density at radius 2 is 1.77 bits per heavy atom. The number of nitrogens with zero attached hydrogens (tertiary/aromatic N) is 4. The fourth-order valence-corrected chi connectivity index (χ4v) is 3.32. The lowest BCUT2D eigenvalue weighted by molar-refractivity contribution is -0.122. The molecule has 4 aromatic rings. The Hall–Kier alpha value is -3.74. The zero-order chi connectivity index (χ0) is 22.0. The van der Waals surface area contributed by atoms with E-state index >= 15 is 0 Å². The van der Waals surface area contributed by atoms with E-state index in [0.29, 0.717) is 11.5 Å². The molecular weight excluding hydrogens is 390 g/mol. The van der Waals surface area contributed by atoms with Gasteiger partial charge in [-0.2, -0.15) is 0 Å². The molecule has 0 aliphatic carbocycles. The van der Waals surface area contributed by atoms with E-state index in [4.69, 9.17) is 4.74 Å². The van der Waals surface area contributed by atoms with Gasteiger partial charge in [-0.25, -0.2) is 14.5 Å². The largest absolute Gasteiger partial charge is 0.497 e. The summed E-state index contributed by atoms with van der Waals surface area (Å²) < 4.78 is 6.82. The van der Waals surface area contributed by atoms with Crippen LogP contribution in [-0.4, -0.2) is 32.6 Å². The normalized spacial score (nSPS) is 13.0. The summed E-state index contributed by atoms with van der Waals surface area (Å²) in [7, 11) is 1.64. The number of rotatable bonds is 6. The van der Waals surface area contributed by atoms with E-state index in [1.54, 1.807) is 18.0 Å². The molecule has 0 aliphatic heterocycles. The van der Waals surface area contributed by atoms with Gasteiger partial charge in [0.2, 0.25) is 5.91 Å². The molecule has 0 saturated carbocycles. The van der Waals surface area contributed by atoms with E-state index in [2.05, 4.69) is 20.4 Å². The SMILES string of the molecule is COc1ccc(-c2cc3nc([C@H](C)NC(=O)[C@@H](C)c4ccc(C)cc4)nn3cn2)cc1. The lowest BCUT2D eigenvalue weighted by atomic mass is 9.99. The Morgan fingerprint density at radius 3 is 2.45 bits per heavy atom. The lowest BCUT2D eigenvalue weighted by Gasteiger charge is -2.16. The average molecular weight is 415 g/mol. The zero-order valence-electron chi connectivity index (χ0n) is 18.0. The fourth-order valence-electron chi connectivity index (χ4n) is 3.32. The molecule has 7 heteroatoms. The molecule has 1 amide bonds. The first-order valence-electron chi connectivity index (χ1n) is 10.2. The number of benzene rings is 2. The monoisotopic (exact) mass is 415 g/mol. The molecule has 158 valence electrons. The maximum atomic E-state index is 12.7. The van der Waals surface area contributed by atoms with Gasteiger partial charge >= 0.3 is 0 Å². The summed E-state index contributed by atoms with van der Waals surface area (Å²) in [6.07, 6.45) is 1.63. The van der Waals surface area contributed by atoms with Gasteiger partial charge in [-0.1, -0.05) is 29.8 Å². The molecule has 2 atom stereocenters. The van der Waals surface area contributed by atoms with Crippen LogP contribution in [0.1, 0.15) is 42.8 Å².